The van der Waals surface area contributed by atoms with Gasteiger partial charge in [-0.3, -0.25) is 0 Å². The van der Waals surface area contributed by atoms with E-state index in [4.69, 9.17) is 0 Å². The van der Waals surface area contributed by atoms with Crippen molar-refractivity contribution in [1.82, 2.24) is 14.8 Å². The molecule has 2 aromatic rings. The van der Waals surface area contributed by atoms with Gasteiger partial charge in [0.15, 0.2) is 5.16 Å². The predicted molar refractivity (Wildman–Crippen MR) is 105 cm³/mol. The number of alkyl halides is 2. The maximum Gasteiger partial charge on any atom is 2.00 e. The zero-order valence-electron chi connectivity index (χ0n) is 16.4. The molecular weight excluding hydrogens is 490 g/mol. The van der Waals surface area contributed by atoms with Crippen molar-refractivity contribution < 1.29 is 38.4 Å². The molecule has 1 unspecified atom stereocenters. The molecule has 1 atom stereocenters. The largest absolute Gasteiger partial charge is 2.00 e. The van der Waals surface area contributed by atoms with Crippen LogP contribution in [0.5, 0.6) is 0 Å². The molecule has 0 spiro atoms. The van der Waals surface area contributed by atoms with Crippen LogP contribution >= 0.6 is 11.8 Å². The number of aromatic nitrogens is 3. The van der Waals surface area contributed by atoms with Crippen LogP contribution in [0.4, 0.5) is 36.3 Å². The molecule has 1 aromatic heterocycles. The Balaban J connectivity index is 0.00000450. The van der Waals surface area contributed by atoms with Crippen LogP contribution in [0.2, 0.25) is 0 Å². The summed E-state index contributed by atoms with van der Waals surface area (Å²) in [4.78, 5) is 6.01. The van der Waals surface area contributed by atoms with Crippen LogP contribution < -0.4 is 4.90 Å². The quantitative estimate of drug-likeness (QED) is 0.270. The van der Waals surface area contributed by atoms with Crippen LogP contribution in [-0.2, 0) is 37.9 Å². The number of thioether (sulfide) groups is 1. The summed E-state index contributed by atoms with van der Waals surface area (Å²) in [5.41, 5.74) is 0.315. The van der Waals surface area contributed by atoms with Crippen molar-refractivity contribution in [2.45, 2.75) is 24.8 Å². The minimum absolute atomic E-state index is 0. The van der Waals surface area contributed by atoms with Crippen LogP contribution in [0.3, 0.4) is 0 Å². The topological polar surface area (TPSA) is 97.3 Å². The van der Waals surface area contributed by atoms with E-state index in [0.717, 1.165) is 0 Å². The number of halogens is 3. The van der Waals surface area contributed by atoms with Crippen LogP contribution in [0, 0.1) is 0 Å². The Labute approximate surface area is 186 Å². The van der Waals surface area contributed by atoms with Crippen LogP contribution in [0.15, 0.2) is 37.9 Å². The maximum absolute atomic E-state index is 13.0. The van der Waals surface area contributed by atoms with E-state index in [1.165, 1.54) is 28.6 Å². The summed E-state index contributed by atoms with van der Waals surface area (Å²) >= 11 is 1.35. The first-order valence-corrected chi connectivity index (χ1v) is 11.1. The first-order valence-electron chi connectivity index (χ1n) is 8.38. The van der Waals surface area contributed by atoms with Crippen molar-refractivity contribution >= 4 is 44.8 Å². The third-order valence-corrected chi connectivity index (χ3v) is 5.57. The standard InChI is InChI=1S/C15H20F3N7O2S2.Ni/c1-5-25(6-2)10-7-8-11(12(9-10)23-29(26,27-18)13(16)17)20-21-14-19-15(28-4)24(3)22-14;/h7-9,13H,5-6H2,1-4H3;/q;+2. The van der Waals surface area contributed by atoms with Crippen molar-refractivity contribution in [3.05, 3.63) is 18.2 Å². The van der Waals surface area contributed by atoms with Crippen molar-refractivity contribution in [2.75, 3.05) is 24.2 Å². The van der Waals surface area contributed by atoms with Gasteiger partial charge in [0, 0.05) is 25.8 Å². The molecule has 0 aliphatic rings. The molecule has 168 valence electrons. The number of aryl methyl sites for hydroxylation is 1. The minimum Gasteiger partial charge on any atom is -0.372 e. The number of rotatable bonds is 9. The molecule has 1 heterocycles. The third-order valence-electron chi connectivity index (χ3n) is 3.77. The van der Waals surface area contributed by atoms with Gasteiger partial charge >= 0.3 is 22.2 Å². The molecule has 9 nitrogen and oxygen atoms in total. The fourth-order valence-corrected chi connectivity index (χ4v) is 3.41. The summed E-state index contributed by atoms with van der Waals surface area (Å²) in [7, 11) is -3.22. The van der Waals surface area contributed by atoms with Gasteiger partial charge in [-0.1, -0.05) is 16.1 Å². The Bertz CT molecular complexity index is 993. The van der Waals surface area contributed by atoms with Crippen molar-refractivity contribution in [1.29, 1.82) is 0 Å². The van der Waals surface area contributed by atoms with E-state index in [2.05, 4.69) is 29.1 Å². The molecule has 0 aliphatic heterocycles. The zero-order chi connectivity index (χ0) is 21.6. The molecule has 0 amide bonds. The van der Waals surface area contributed by atoms with E-state index >= 15 is 0 Å². The zero-order valence-corrected chi connectivity index (χ0v) is 19.1. The molecule has 0 bridgehead atoms. The molecule has 15 heteroatoms. The van der Waals surface area contributed by atoms with E-state index in [1.54, 1.807) is 13.1 Å². The van der Waals surface area contributed by atoms with Gasteiger partial charge in [0.1, 0.15) is 11.4 Å². The van der Waals surface area contributed by atoms with Gasteiger partial charge in [-0.15, -0.1) is 15.3 Å². The Hall–Kier alpha value is -1.70. The second kappa shape index (κ2) is 11.6. The molecule has 2 rings (SSSR count). The average molecular weight is 510 g/mol. The second-order valence-corrected chi connectivity index (χ2v) is 7.97. The van der Waals surface area contributed by atoms with Crippen molar-refractivity contribution in [3.63, 3.8) is 0 Å². The van der Waals surface area contributed by atoms with E-state index in [0.29, 0.717) is 23.9 Å². The molecule has 0 aliphatic carbocycles. The molecule has 30 heavy (non-hydrogen) atoms. The Morgan fingerprint density at radius 3 is 2.43 bits per heavy atom. The molecule has 0 fully saturated rings. The summed E-state index contributed by atoms with van der Waals surface area (Å²) in [5, 5.41) is 12.4. The van der Waals surface area contributed by atoms with E-state index in [9.17, 15) is 17.5 Å². The first kappa shape index (κ1) is 26.3. The van der Waals surface area contributed by atoms with Crippen LogP contribution in [-0.4, -0.2) is 44.1 Å². The van der Waals surface area contributed by atoms with Gasteiger partial charge in [0.2, 0.25) is 0 Å². The third kappa shape index (κ3) is 6.16. The predicted octanol–water partition coefficient (Wildman–Crippen LogP) is 4.93. The van der Waals surface area contributed by atoms with Crippen molar-refractivity contribution in [3.8, 4) is 0 Å². The summed E-state index contributed by atoms with van der Waals surface area (Å²) in [5.74, 6) is -3.62. The molecule has 0 saturated carbocycles. The summed E-state index contributed by atoms with van der Waals surface area (Å²) in [6.07, 6.45) is 1.81. The fourth-order valence-electron chi connectivity index (χ4n) is 2.35. The average Bonchev–Trinajstić information content (AvgIpc) is 3.07. The number of anilines is 1. The van der Waals surface area contributed by atoms with Crippen LogP contribution in [0.1, 0.15) is 13.8 Å². The van der Waals surface area contributed by atoms with E-state index < -0.39 is 15.8 Å². The SMILES string of the molecule is CCN(CC)c1ccc(N=Nc2nc(SC)n(C)n2)c(N=S(=O)(OF)C(F)F)c1.[Ni+2]. The number of nitrogens with zero attached hydrogens (tertiary/aromatic N) is 7. The summed E-state index contributed by atoms with van der Waals surface area (Å²) < 4.78 is 58.4. The Morgan fingerprint density at radius 2 is 1.93 bits per heavy atom. The Morgan fingerprint density at radius 1 is 1.27 bits per heavy atom. The summed E-state index contributed by atoms with van der Waals surface area (Å²) in [6, 6.07) is 4.47. The fraction of sp³-hybridized carbons (Fsp3) is 0.467. The molecule has 1 aromatic carbocycles. The molecule has 0 saturated heterocycles. The van der Waals surface area contributed by atoms with Gasteiger partial charge in [-0.25, -0.2) is 8.89 Å². The molecular formula is C15H20F3N7NiO2S2+2. The van der Waals surface area contributed by atoms with Gasteiger partial charge in [-0.2, -0.15) is 18.1 Å². The monoisotopic (exact) mass is 509 g/mol. The number of azo groups is 1. The Kier molecular flexibility index (Phi) is 10.2. The van der Waals surface area contributed by atoms with Gasteiger partial charge in [0.25, 0.3) is 16.0 Å². The number of hydrogen-bond acceptors (Lipinski definition) is 9. The van der Waals surface area contributed by atoms with Gasteiger partial charge in [0.05, 0.1) is 0 Å². The normalized spacial score (nSPS) is 13.3. The van der Waals surface area contributed by atoms with E-state index in [-0.39, 0.29) is 33.8 Å². The second-order valence-electron chi connectivity index (χ2n) is 5.50. The first-order chi connectivity index (χ1) is 13.8. The van der Waals surface area contributed by atoms with Crippen molar-refractivity contribution in [2.24, 2.45) is 21.6 Å². The maximum atomic E-state index is 13.0. The van der Waals surface area contributed by atoms with Crippen LogP contribution in [0.25, 0.3) is 0 Å². The van der Waals surface area contributed by atoms with E-state index in [1.807, 2.05) is 25.0 Å². The summed E-state index contributed by atoms with van der Waals surface area (Å²) in [6.45, 7) is 5.04. The molecule has 0 radical (unpaired) electrons. The van der Waals surface area contributed by atoms with Gasteiger partial charge < -0.3 is 4.90 Å². The number of hydrogen-bond donors (Lipinski definition) is 0. The van der Waals surface area contributed by atoms with Gasteiger partial charge in [-0.05, 0) is 42.8 Å². The smallest absolute Gasteiger partial charge is 0.372 e. The molecule has 0 N–H and O–H groups in total. The minimum atomic E-state index is -4.90. The number of benzene rings is 1.